The number of amides is 1. The summed E-state index contributed by atoms with van der Waals surface area (Å²) in [6, 6.07) is 5.61. The molecule has 104 valence electrons. The molecule has 5 nitrogen and oxygen atoms in total. The minimum atomic E-state index is 0.0938. The van der Waals surface area contributed by atoms with Crippen LogP contribution in [0, 0.1) is 6.92 Å². The average Bonchev–Trinajstić information content (AvgIpc) is 2.81. The van der Waals surface area contributed by atoms with Crippen molar-refractivity contribution in [2.75, 3.05) is 10.6 Å². The Morgan fingerprint density at radius 1 is 1.45 bits per heavy atom. The topological polar surface area (TPSA) is 64.2 Å². The number of nitrogens with two attached hydrogens (primary N) is 1. The molecule has 2 heterocycles. The molecule has 6 heteroatoms. The maximum atomic E-state index is 12.2. The third-order valence-electron chi connectivity index (χ3n) is 3.61. The Bertz CT molecular complexity index is 707. The van der Waals surface area contributed by atoms with Gasteiger partial charge >= 0.3 is 0 Å². The molecule has 1 aromatic heterocycles. The predicted octanol–water partition coefficient (Wildman–Crippen LogP) is 2.16. The van der Waals surface area contributed by atoms with Crippen molar-refractivity contribution in [1.82, 2.24) is 9.78 Å². The summed E-state index contributed by atoms with van der Waals surface area (Å²) in [7, 11) is 1.89. The van der Waals surface area contributed by atoms with Crippen LogP contribution in [0.15, 0.2) is 22.7 Å². The first-order valence-electron chi connectivity index (χ1n) is 6.34. The molecule has 0 atom stereocenters. The molecule has 2 aromatic rings. The fourth-order valence-electron chi connectivity index (χ4n) is 2.58. The van der Waals surface area contributed by atoms with Crippen LogP contribution in [-0.2, 0) is 24.8 Å². The van der Waals surface area contributed by atoms with E-state index in [1.165, 1.54) is 0 Å². The first-order chi connectivity index (χ1) is 9.47. The van der Waals surface area contributed by atoms with E-state index in [2.05, 4.69) is 21.0 Å². The van der Waals surface area contributed by atoms with E-state index < -0.39 is 0 Å². The lowest BCUT2D eigenvalue weighted by Gasteiger charge is -2.18. The molecule has 20 heavy (non-hydrogen) atoms. The Morgan fingerprint density at radius 3 is 2.85 bits per heavy atom. The fourth-order valence-corrected chi connectivity index (χ4v) is 3.04. The van der Waals surface area contributed by atoms with Gasteiger partial charge in [0.1, 0.15) is 0 Å². The van der Waals surface area contributed by atoms with Crippen LogP contribution < -0.4 is 10.6 Å². The number of fused-ring (bicyclic) bond motifs is 1. The number of hydrogen-bond acceptors (Lipinski definition) is 3. The molecule has 0 bridgehead atoms. The number of rotatable bonds is 2. The molecule has 1 aliphatic heterocycles. The average molecular weight is 335 g/mol. The summed E-state index contributed by atoms with van der Waals surface area (Å²) in [6.45, 7) is 2.45. The summed E-state index contributed by atoms with van der Waals surface area (Å²) < 4.78 is 2.76. The number of nitrogen functional groups attached to an aromatic ring is 1. The minimum absolute atomic E-state index is 0.0938. The Morgan fingerprint density at radius 2 is 2.20 bits per heavy atom. The first kappa shape index (κ1) is 13.2. The monoisotopic (exact) mass is 334 g/mol. The number of anilines is 2. The molecular formula is C14H15BrN4O. The van der Waals surface area contributed by atoms with Crippen LogP contribution in [0.2, 0.25) is 0 Å². The molecule has 0 saturated carbocycles. The van der Waals surface area contributed by atoms with E-state index in [0.29, 0.717) is 18.7 Å². The van der Waals surface area contributed by atoms with Crippen molar-refractivity contribution < 1.29 is 4.79 Å². The molecule has 1 amide bonds. The zero-order valence-corrected chi connectivity index (χ0v) is 12.9. The van der Waals surface area contributed by atoms with Crippen molar-refractivity contribution in [1.29, 1.82) is 0 Å². The quantitative estimate of drug-likeness (QED) is 0.856. The molecule has 0 unspecified atom stereocenters. The molecule has 0 saturated heterocycles. The Hall–Kier alpha value is -1.82. The van der Waals surface area contributed by atoms with Gasteiger partial charge < -0.3 is 10.6 Å². The number of nitrogens with zero attached hydrogens (tertiary/aromatic N) is 3. The van der Waals surface area contributed by atoms with Crippen LogP contribution in [0.3, 0.4) is 0 Å². The summed E-state index contributed by atoms with van der Waals surface area (Å²) in [5.74, 6) is 0.0938. The van der Waals surface area contributed by atoms with Gasteiger partial charge in [-0.3, -0.25) is 9.48 Å². The van der Waals surface area contributed by atoms with Crippen LogP contribution in [-0.4, -0.2) is 15.7 Å². The Labute approximate surface area is 125 Å². The van der Waals surface area contributed by atoms with E-state index in [1.807, 2.05) is 36.9 Å². The molecule has 3 rings (SSSR count). The fraction of sp³-hybridized carbons (Fsp3) is 0.286. The van der Waals surface area contributed by atoms with Gasteiger partial charge in [-0.2, -0.15) is 5.10 Å². The molecular weight excluding hydrogens is 320 g/mol. The molecule has 0 radical (unpaired) electrons. The minimum Gasteiger partial charge on any atom is -0.399 e. The number of carbonyl (C=O) groups is 1. The van der Waals surface area contributed by atoms with Gasteiger partial charge in [-0.15, -0.1) is 0 Å². The highest BCUT2D eigenvalue weighted by molar-refractivity contribution is 9.10. The van der Waals surface area contributed by atoms with E-state index in [0.717, 1.165) is 27.1 Å². The highest BCUT2D eigenvalue weighted by Gasteiger charge is 2.29. The van der Waals surface area contributed by atoms with Crippen LogP contribution >= 0.6 is 15.9 Å². The lowest BCUT2D eigenvalue weighted by atomic mass is 10.1. The number of aryl methyl sites for hydroxylation is 2. The SMILES string of the molecule is Cc1nn(C)c(CN2C(=O)Cc3cc(N)ccc32)c1Br. The van der Waals surface area contributed by atoms with Crippen molar-refractivity contribution in [3.63, 3.8) is 0 Å². The maximum absolute atomic E-state index is 12.2. The zero-order chi connectivity index (χ0) is 14.4. The van der Waals surface area contributed by atoms with Crippen molar-refractivity contribution in [3.8, 4) is 0 Å². The van der Waals surface area contributed by atoms with Gasteiger partial charge in [0.05, 0.1) is 28.8 Å². The normalized spacial score (nSPS) is 13.9. The number of halogens is 1. The first-order valence-corrected chi connectivity index (χ1v) is 7.13. The smallest absolute Gasteiger partial charge is 0.231 e. The summed E-state index contributed by atoms with van der Waals surface area (Å²) in [6.07, 6.45) is 0.412. The molecule has 0 spiro atoms. The second kappa shape index (κ2) is 4.63. The van der Waals surface area contributed by atoms with E-state index in [4.69, 9.17) is 5.73 Å². The highest BCUT2D eigenvalue weighted by atomic mass is 79.9. The van der Waals surface area contributed by atoms with Crippen LogP contribution in [0.25, 0.3) is 0 Å². The largest absolute Gasteiger partial charge is 0.399 e. The number of hydrogen-bond donors (Lipinski definition) is 1. The number of aromatic nitrogens is 2. The van der Waals surface area contributed by atoms with E-state index in [9.17, 15) is 4.79 Å². The van der Waals surface area contributed by atoms with Crippen molar-refractivity contribution in [2.45, 2.75) is 19.9 Å². The summed E-state index contributed by atoms with van der Waals surface area (Å²) in [5.41, 5.74) is 10.3. The predicted molar refractivity (Wildman–Crippen MR) is 81.4 cm³/mol. The van der Waals surface area contributed by atoms with Gasteiger partial charge in [-0.1, -0.05) is 0 Å². The van der Waals surface area contributed by atoms with Gasteiger partial charge in [0.2, 0.25) is 5.91 Å². The van der Waals surface area contributed by atoms with Crippen LogP contribution in [0.4, 0.5) is 11.4 Å². The second-order valence-corrected chi connectivity index (χ2v) is 5.81. The molecule has 2 N–H and O–H groups in total. The lowest BCUT2D eigenvalue weighted by molar-refractivity contribution is -0.117. The maximum Gasteiger partial charge on any atom is 0.231 e. The zero-order valence-electron chi connectivity index (χ0n) is 11.4. The molecule has 1 aromatic carbocycles. The van der Waals surface area contributed by atoms with Crippen molar-refractivity contribution in [3.05, 3.63) is 39.6 Å². The molecule has 0 aliphatic carbocycles. The number of benzene rings is 1. The van der Waals surface area contributed by atoms with Gasteiger partial charge in [0.15, 0.2) is 0 Å². The second-order valence-electron chi connectivity index (χ2n) is 5.01. The van der Waals surface area contributed by atoms with Crippen molar-refractivity contribution >= 4 is 33.2 Å². The third kappa shape index (κ3) is 2.00. The molecule has 1 aliphatic rings. The standard InChI is InChI=1S/C14H15BrN4O/c1-8-14(15)12(18(2)17-8)7-19-11-4-3-10(16)5-9(11)6-13(19)20/h3-5H,6-7,16H2,1-2H3. The van der Waals surface area contributed by atoms with Crippen molar-refractivity contribution in [2.24, 2.45) is 7.05 Å². The molecule has 0 fully saturated rings. The van der Waals surface area contributed by atoms with Gasteiger partial charge in [-0.05, 0) is 46.6 Å². The Kier molecular flexibility index (Phi) is 3.05. The lowest BCUT2D eigenvalue weighted by Crippen LogP contribution is -2.27. The Balaban J connectivity index is 1.98. The van der Waals surface area contributed by atoms with Gasteiger partial charge in [0, 0.05) is 18.4 Å². The summed E-state index contributed by atoms with van der Waals surface area (Å²) in [5, 5.41) is 4.36. The highest BCUT2D eigenvalue weighted by Crippen LogP contribution is 2.33. The van der Waals surface area contributed by atoms with Gasteiger partial charge in [0.25, 0.3) is 0 Å². The summed E-state index contributed by atoms with van der Waals surface area (Å²) in [4.78, 5) is 14.0. The van der Waals surface area contributed by atoms with E-state index in [1.54, 1.807) is 4.90 Å². The van der Waals surface area contributed by atoms with Gasteiger partial charge in [-0.25, -0.2) is 0 Å². The third-order valence-corrected chi connectivity index (χ3v) is 4.64. The van der Waals surface area contributed by atoms with E-state index >= 15 is 0 Å². The van der Waals surface area contributed by atoms with E-state index in [-0.39, 0.29) is 5.91 Å². The summed E-state index contributed by atoms with van der Waals surface area (Å²) >= 11 is 3.54. The van der Waals surface area contributed by atoms with Crippen LogP contribution in [0.1, 0.15) is 17.0 Å². The van der Waals surface area contributed by atoms with Crippen LogP contribution in [0.5, 0.6) is 0 Å². The number of carbonyl (C=O) groups excluding carboxylic acids is 1.